The molecular formula is C21H23N3O3. The minimum atomic E-state index is -0.480. The first kappa shape index (κ1) is 17.5. The van der Waals surface area contributed by atoms with E-state index < -0.39 is 5.76 Å². The van der Waals surface area contributed by atoms with Crippen molar-refractivity contribution in [2.75, 3.05) is 6.54 Å². The molecule has 1 amide bonds. The fraction of sp³-hybridized carbons (Fsp3) is 0.381. The topological polar surface area (TPSA) is 68.3 Å². The summed E-state index contributed by atoms with van der Waals surface area (Å²) in [4.78, 5) is 31.5. The molecule has 2 aromatic heterocycles. The highest BCUT2D eigenvalue weighted by molar-refractivity contribution is 5.80. The van der Waals surface area contributed by atoms with Gasteiger partial charge in [-0.2, -0.15) is 0 Å². The minimum Gasteiger partial charge on any atom is -0.408 e. The lowest BCUT2D eigenvalue weighted by molar-refractivity contribution is -0.135. The van der Waals surface area contributed by atoms with Gasteiger partial charge < -0.3 is 9.32 Å². The van der Waals surface area contributed by atoms with E-state index in [1.807, 2.05) is 41.3 Å². The first-order valence-electron chi connectivity index (χ1n) is 9.50. The van der Waals surface area contributed by atoms with Gasteiger partial charge in [-0.15, -0.1) is 0 Å². The van der Waals surface area contributed by atoms with E-state index >= 15 is 0 Å². The number of pyridine rings is 1. The quantitative estimate of drug-likeness (QED) is 0.697. The number of fused-ring (bicyclic) bond motifs is 1. The highest BCUT2D eigenvalue weighted by atomic mass is 16.4. The van der Waals surface area contributed by atoms with Gasteiger partial charge in [0, 0.05) is 24.5 Å². The molecule has 4 rings (SSSR count). The Morgan fingerprint density at radius 1 is 1.15 bits per heavy atom. The third-order valence-corrected chi connectivity index (χ3v) is 5.27. The molecule has 6 heteroatoms. The second-order valence-electron chi connectivity index (χ2n) is 7.02. The van der Waals surface area contributed by atoms with Gasteiger partial charge in [0.1, 0.15) is 6.54 Å². The zero-order chi connectivity index (χ0) is 18.6. The molecule has 1 saturated heterocycles. The molecule has 0 spiro atoms. The van der Waals surface area contributed by atoms with Gasteiger partial charge in [0.25, 0.3) is 0 Å². The van der Waals surface area contributed by atoms with Crippen molar-refractivity contribution in [2.45, 2.75) is 44.7 Å². The highest BCUT2D eigenvalue weighted by Crippen LogP contribution is 2.22. The Bertz CT molecular complexity index is 977. The molecule has 1 aliphatic heterocycles. The molecule has 0 aliphatic carbocycles. The average Bonchev–Trinajstić information content (AvgIpc) is 3.02. The maximum Gasteiger partial charge on any atom is 0.420 e. The Morgan fingerprint density at radius 2 is 2.00 bits per heavy atom. The number of rotatable bonds is 5. The number of hydrogen-bond donors (Lipinski definition) is 0. The summed E-state index contributed by atoms with van der Waals surface area (Å²) in [5, 5.41) is 0. The molecule has 140 valence electrons. The van der Waals surface area contributed by atoms with Crippen molar-refractivity contribution in [3.05, 3.63) is 64.9 Å². The Hall–Kier alpha value is -2.89. The van der Waals surface area contributed by atoms with Crippen molar-refractivity contribution < 1.29 is 9.21 Å². The number of carbonyl (C=O) groups excluding carboxylic acids is 1. The van der Waals surface area contributed by atoms with Gasteiger partial charge >= 0.3 is 5.76 Å². The Morgan fingerprint density at radius 3 is 2.85 bits per heavy atom. The zero-order valence-electron chi connectivity index (χ0n) is 15.2. The van der Waals surface area contributed by atoms with E-state index in [0.29, 0.717) is 11.1 Å². The van der Waals surface area contributed by atoms with Crippen molar-refractivity contribution in [1.82, 2.24) is 14.5 Å². The van der Waals surface area contributed by atoms with Gasteiger partial charge in [-0.25, -0.2) is 4.79 Å². The maximum atomic E-state index is 13.0. The number of carbonyl (C=O) groups is 1. The van der Waals surface area contributed by atoms with E-state index in [0.717, 1.165) is 44.3 Å². The van der Waals surface area contributed by atoms with Crippen molar-refractivity contribution in [2.24, 2.45) is 0 Å². The second-order valence-corrected chi connectivity index (χ2v) is 7.02. The Balaban J connectivity index is 1.48. The van der Waals surface area contributed by atoms with E-state index in [-0.39, 0.29) is 18.5 Å². The summed E-state index contributed by atoms with van der Waals surface area (Å²) in [6.45, 7) is 0.770. The van der Waals surface area contributed by atoms with E-state index in [4.69, 9.17) is 4.42 Å². The first-order valence-corrected chi connectivity index (χ1v) is 9.50. The van der Waals surface area contributed by atoms with Crippen molar-refractivity contribution >= 4 is 17.0 Å². The van der Waals surface area contributed by atoms with Crippen LogP contribution < -0.4 is 5.76 Å². The van der Waals surface area contributed by atoms with Gasteiger partial charge in [0.05, 0.1) is 5.52 Å². The molecule has 6 nitrogen and oxygen atoms in total. The van der Waals surface area contributed by atoms with Crippen molar-refractivity contribution in [1.29, 1.82) is 0 Å². The summed E-state index contributed by atoms with van der Waals surface area (Å²) in [5.74, 6) is -0.499. The summed E-state index contributed by atoms with van der Waals surface area (Å²) in [6.07, 6.45) is 6.68. The fourth-order valence-electron chi connectivity index (χ4n) is 3.88. The lowest BCUT2D eigenvalue weighted by Gasteiger charge is -2.36. The summed E-state index contributed by atoms with van der Waals surface area (Å²) < 4.78 is 6.68. The number of oxazole rings is 1. The van der Waals surface area contributed by atoms with Crippen molar-refractivity contribution in [3.8, 4) is 0 Å². The Labute approximate surface area is 157 Å². The first-order chi connectivity index (χ1) is 13.2. The molecule has 27 heavy (non-hydrogen) atoms. The van der Waals surface area contributed by atoms with Gasteiger partial charge in [-0.1, -0.05) is 18.2 Å². The molecule has 0 saturated carbocycles. The molecule has 1 aromatic carbocycles. The van der Waals surface area contributed by atoms with E-state index in [9.17, 15) is 9.59 Å². The SMILES string of the molecule is O=C(Cn1c(=O)oc2ccccc21)N1CCCC[C@@H]1CCc1ccccn1. The third kappa shape index (κ3) is 3.79. The van der Waals surface area contributed by atoms with Crippen LogP contribution in [0.15, 0.2) is 57.9 Å². The number of piperidine rings is 1. The molecule has 3 heterocycles. The third-order valence-electron chi connectivity index (χ3n) is 5.27. The number of hydrogen-bond acceptors (Lipinski definition) is 4. The van der Waals surface area contributed by atoms with Crippen LogP contribution in [0, 0.1) is 0 Å². The van der Waals surface area contributed by atoms with Gasteiger partial charge in [-0.3, -0.25) is 14.3 Å². The highest BCUT2D eigenvalue weighted by Gasteiger charge is 2.27. The zero-order valence-corrected chi connectivity index (χ0v) is 15.2. The van der Waals surface area contributed by atoms with Crippen LogP contribution in [-0.4, -0.2) is 32.9 Å². The summed E-state index contributed by atoms with van der Waals surface area (Å²) in [5.41, 5.74) is 2.23. The van der Waals surface area contributed by atoms with Crippen LogP contribution in [0.25, 0.3) is 11.1 Å². The number of aromatic nitrogens is 2. The molecular weight excluding hydrogens is 342 g/mol. The largest absolute Gasteiger partial charge is 0.420 e. The van der Waals surface area contributed by atoms with Crippen molar-refractivity contribution in [3.63, 3.8) is 0 Å². The number of likely N-dealkylation sites (tertiary alicyclic amines) is 1. The number of para-hydroxylation sites is 2. The number of benzene rings is 1. The monoisotopic (exact) mass is 365 g/mol. The lowest BCUT2D eigenvalue weighted by Crippen LogP contribution is -2.46. The number of nitrogens with zero attached hydrogens (tertiary/aromatic N) is 3. The molecule has 3 aromatic rings. The van der Waals surface area contributed by atoms with Crippen LogP contribution in [0.5, 0.6) is 0 Å². The molecule has 0 N–H and O–H groups in total. The fourth-order valence-corrected chi connectivity index (χ4v) is 3.88. The van der Waals surface area contributed by atoms with Gasteiger partial charge in [0.15, 0.2) is 5.58 Å². The molecule has 0 radical (unpaired) electrons. The van der Waals surface area contributed by atoms with Gasteiger partial charge in [-0.05, 0) is 56.4 Å². The van der Waals surface area contributed by atoms with Crippen LogP contribution in [0.2, 0.25) is 0 Å². The normalized spacial score (nSPS) is 17.3. The molecule has 1 fully saturated rings. The number of aryl methyl sites for hydroxylation is 1. The van der Waals surface area contributed by atoms with Crippen LogP contribution in [0.4, 0.5) is 0 Å². The Kier molecular flexibility index (Phi) is 5.05. The smallest absolute Gasteiger partial charge is 0.408 e. The van der Waals surface area contributed by atoms with Crippen LogP contribution >= 0.6 is 0 Å². The number of amides is 1. The average molecular weight is 365 g/mol. The lowest BCUT2D eigenvalue weighted by atomic mass is 9.97. The maximum absolute atomic E-state index is 13.0. The molecule has 0 unspecified atom stereocenters. The summed E-state index contributed by atoms with van der Waals surface area (Å²) in [6, 6.07) is 13.3. The van der Waals surface area contributed by atoms with E-state index in [2.05, 4.69) is 4.98 Å². The second kappa shape index (κ2) is 7.78. The predicted molar refractivity (Wildman–Crippen MR) is 102 cm³/mol. The summed E-state index contributed by atoms with van der Waals surface area (Å²) >= 11 is 0. The van der Waals surface area contributed by atoms with Gasteiger partial charge in [0.2, 0.25) is 5.91 Å². The minimum absolute atomic E-state index is 0.0191. The standard InChI is InChI=1S/C21H23N3O3/c25-20(15-24-18-9-1-2-10-19(18)27-21(24)26)23-14-6-4-8-17(23)12-11-16-7-3-5-13-22-16/h1-3,5,7,9-10,13,17H,4,6,8,11-12,14-15H2/t17-/m1/s1. The van der Waals surface area contributed by atoms with E-state index in [1.54, 1.807) is 12.3 Å². The van der Waals surface area contributed by atoms with Crippen LogP contribution in [0.1, 0.15) is 31.4 Å². The van der Waals surface area contributed by atoms with E-state index in [1.165, 1.54) is 4.57 Å². The van der Waals surface area contributed by atoms with Crippen LogP contribution in [0.3, 0.4) is 0 Å². The summed E-state index contributed by atoms with van der Waals surface area (Å²) in [7, 11) is 0. The molecule has 1 aliphatic rings. The molecule has 1 atom stereocenters. The predicted octanol–water partition coefficient (Wildman–Crippen LogP) is 3.00. The molecule has 0 bridgehead atoms. The van der Waals surface area contributed by atoms with Crippen LogP contribution in [-0.2, 0) is 17.8 Å².